The SMILES string of the molecule is NNC(=O)c1occc1COCC(F)(F)F. The highest BCUT2D eigenvalue weighted by Gasteiger charge is 2.27. The number of rotatable bonds is 4. The van der Waals surface area contributed by atoms with Gasteiger partial charge in [0.25, 0.3) is 0 Å². The number of nitrogens with two attached hydrogens (primary N) is 1. The molecular weight excluding hydrogens is 229 g/mol. The van der Waals surface area contributed by atoms with Gasteiger partial charge < -0.3 is 9.15 Å². The van der Waals surface area contributed by atoms with Gasteiger partial charge in [-0.3, -0.25) is 10.2 Å². The normalized spacial score (nSPS) is 11.5. The molecule has 3 N–H and O–H groups in total. The van der Waals surface area contributed by atoms with E-state index in [1.165, 1.54) is 6.07 Å². The predicted molar refractivity (Wildman–Crippen MR) is 46.1 cm³/mol. The van der Waals surface area contributed by atoms with Gasteiger partial charge in [-0.1, -0.05) is 0 Å². The Balaban J connectivity index is 2.55. The molecule has 1 amide bonds. The number of amides is 1. The number of carbonyl (C=O) groups is 1. The molecule has 0 aliphatic heterocycles. The van der Waals surface area contributed by atoms with Crippen molar-refractivity contribution in [2.45, 2.75) is 12.8 Å². The van der Waals surface area contributed by atoms with Crippen LogP contribution in [0.3, 0.4) is 0 Å². The molecule has 0 aliphatic carbocycles. The van der Waals surface area contributed by atoms with Crippen LogP contribution in [0.4, 0.5) is 13.2 Å². The average Bonchev–Trinajstić information content (AvgIpc) is 2.63. The molecule has 0 spiro atoms. The molecule has 0 atom stereocenters. The Hall–Kier alpha value is -1.54. The maximum atomic E-state index is 11.8. The summed E-state index contributed by atoms with van der Waals surface area (Å²) in [5.74, 6) is 3.96. The summed E-state index contributed by atoms with van der Waals surface area (Å²) in [7, 11) is 0. The first kappa shape index (κ1) is 12.5. The zero-order valence-electron chi connectivity index (χ0n) is 8.00. The summed E-state index contributed by atoms with van der Waals surface area (Å²) in [5, 5.41) is 0. The predicted octanol–water partition coefficient (Wildman–Crippen LogP) is 0.962. The van der Waals surface area contributed by atoms with Crippen molar-refractivity contribution in [2.75, 3.05) is 6.61 Å². The number of halogens is 3. The number of carbonyl (C=O) groups excluding carboxylic acids is 1. The zero-order chi connectivity index (χ0) is 12.2. The van der Waals surface area contributed by atoms with Gasteiger partial charge in [0.05, 0.1) is 12.9 Å². The molecule has 1 rings (SSSR count). The van der Waals surface area contributed by atoms with Gasteiger partial charge in [0.2, 0.25) is 0 Å². The van der Waals surface area contributed by atoms with E-state index in [0.29, 0.717) is 0 Å². The van der Waals surface area contributed by atoms with Crippen molar-refractivity contribution in [1.29, 1.82) is 0 Å². The molecule has 0 bridgehead atoms. The Labute approximate surface area is 88.3 Å². The first-order valence-electron chi connectivity index (χ1n) is 4.16. The maximum Gasteiger partial charge on any atom is 0.411 e. The molecule has 0 saturated heterocycles. The number of hydrazine groups is 1. The highest BCUT2D eigenvalue weighted by Crippen LogP contribution is 2.17. The van der Waals surface area contributed by atoms with Crippen LogP contribution in [-0.4, -0.2) is 18.7 Å². The summed E-state index contributed by atoms with van der Waals surface area (Å²) in [6.45, 7) is -1.76. The van der Waals surface area contributed by atoms with Crippen LogP contribution in [0.15, 0.2) is 16.7 Å². The van der Waals surface area contributed by atoms with E-state index < -0.39 is 18.7 Å². The quantitative estimate of drug-likeness (QED) is 0.465. The van der Waals surface area contributed by atoms with Crippen molar-refractivity contribution in [3.63, 3.8) is 0 Å². The number of furan rings is 1. The van der Waals surface area contributed by atoms with Crippen molar-refractivity contribution >= 4 is 5.91 Å². The second kappa shape index (κ2) is 4.99. The lowest BCUT2D eigenvalue weighted by atomic mass is 10.2. The van der Waals surface area contributed by atoms with Crippen molar-refractivity contribution in [2.24, 2.45) is 5.84 Å². The third kappa shape index (κ3) is 3.55. The van der Waals surface area contributed by atoms with Crippen LogP contribution in [0, 0.1) is 0 Å². The smallest absolute Gasteiger partial charge is 0.411 e. The molecule has 16 heavy (non-hydrogen) atoms. The molecule has 0 unspecified atom stereocenters. The molecule has 0 aliphatic rings. The monoisotopic (exact) mass is 238 g/mol. The lowest BCUT2D eigenvalue weighted by molar-refractivity contribution is -0.176. The first-order valence-corrected chi connectivity index (χ1v) is 4.16. The van der Waals surface area contributed by atoms with E-state index >= 15 is 0 Å². The van der Waals surface area contributed by atoms with Crippen LogP contribution in [0.2, 0.25) is 0 Å². The number of hydrogen-bond acceptors (Lipinski definition) is 4. The highest BCUT2D eigenvalue weighted by atomic mass is 19.4. The van der Waals surface area contributed by atoms with Crippen molar-refractivity contribution in [3.8, 4) is 0 Å². The second-order valence-corrected chi connectivity index (χ2v) is 2.86. The number of hydrogen-bond donors (Lipinski definition) is 2. The van der Waals surface area contributed by atoms with Gasteiger partial charge in [0.1, 0.15) is 6.61 Å². The molecule has 1 heterocycles. The summed E-state index contributed by atoms with van der Waals surface area (Å²) in [6.07, 6.45) is -3.24. The van der Waals surface area contributed by atoms with Crippen LogP contribution in [-0.2, 0) is 11.3 Å². The summed E-state index contributed by atoms with van der Waals surface area (Å²) in [5.41, 5.74) is 2.01. The number of alkyl halides is 3. The lowest BCUT2D eigenvalue weighted by Gasteiger charge is -2.07. The van der Waals surface area contributed by atoms with Gasteiger partial charge >= 0.3 is 12.1 Å². The topological polar surface area (TPSA) is 77.5 Å². The Kier molecular flexibility index (Phi) is 3.91. The largest absolute Gasteiger partial charge is 0.459 e. The van der Waals surface area contributed by atoms with E-state index in [4.69, 9.17) is 10.3 Å². The Morgan fingerprint density at radius 1 is 1.56 bits per heavy atom. The van der Waals surface area contributed by atoms with E-state index in [1.54, 1.807) is 5.43 Å². The van der Waals surface area contributed by atoms with E-state index in [2.05, 4.69) is 4.74 Å². The fourth-order valence-electron chi connectivity index (χ4n) is 0.991. The van der Waals surface area contributed by atoms with Gasteiger partial charge in [-0.2, -0.15) is 13.2 Å². The molecule has 0 fully saturated rings. The third-order valence-corrected chi connectivity index (χ3v) is 1.61. The van der Waals surface area contributed by atoms with Crippen LogP contribution in [0.1, 0.15) is 16.1 Å². The summed E-state index contributed by atoms with van der Waals surface area (Å²) in [4.78, 5) is 11.0. The van der Waals surface area contributed by atoms with E-state index in [0.717, 1.165) is 6.26 Å². The minimum absolute atomic E-state index is 0.162. The Bertz CT molecular complexity index is 362. The molecule has 1 aromatic rings. The molecule has 90 valence electrons. The standard InChI is InChI=1S/C8H9F3N2O3/c9-8(10,11)4-15-3-5-1-2-16-6(5)7(14)13-12/h1-2H,3-4,12H2,(H,13,14). The molecular formula is C8H9F3N2O3. The van der Waals surface area contributed by atoms with Gasteiger partial charge in [-0.15, -0.1) is 0 Å². The second-order valence-electron chi connectivity index (χ2n) is 2.86. The van der Waals surface area contributed by atoms with Gasteiger partial charge in [0.15, 0.2) is 5.76 Å². The molecule has 0 aromatic carbocycles. The molecule has 0 saturated carbocycles. The Morgan fingerprint density at radius 2 is 2.25 bits per heavy atom. The van der Waals surface area contributed by atoms with Gasteiger partial charge in [0, 0.05) is 5.56 Å². The molecule has 5 nitrogen and oxygen atoms in total. The fourth-order valence-corrected chi connectivity index (χ4v) is 0.991. The Morgan fingerprint density at radius 3 is 2.81 bits per heavy atom. The molecule has 1 aromatic heterocycles. The zero-order valence-corrected chi connectivity index (χ0v) is 8.00. The van der Waals surface area contributed by atoms with Crippen molar-refractivity contribution in [3.05, 3.63) is 23.7 Å². The summed E-state index contributed by atoms with van der Waals surface area (Å²) < 4.78 is 44.4. The third-order valence-electron chi connectivity index (χ3n) is 1.61. The number of nitrogens with one attached hydrogen (secondary N) is 1. The van der Waals surface area contributed by atoms with Crippen molar-refractivity contribution in [1.82, 2.24) is 5.43 Å². The first-order chi connectivity index (χ1) is 7.44. The summed E-state index contributed by atoms with van der Waals surface area (Å²) in [6, 6.07) is 1.33. The van der Waals surface area contributed by atoms with Crippen molar-refractivity contribution < 1.29 is 27.1 Å². The molecule has 0 radical (unpaired) electrons. The van der Waals surface area contributed by atoms with E-state index in [1.807, 2.05) is 0 Å². The van der Waals surface area contributed by atoms with Crippen LogP contribution < -0.4 is 11.3 Å². The van der Waals surface area contributed by atoms with E-state index in [-0.39, 0.29) is 17.9 Å². The minimum Gasteiger partial charge on any atom is -0.459 e. The van der Waals surface area contributed by atoms with Crippen LogP contribution in [0.5, 0.6) is 0 Å². The summed E-state index contributed by atoms with van der Waals surface area (Å²) >= 11 is 0. The number of nitrogen functional groups attached to an aromatic ring is 1. The van der Waals surface area contributed by atoms with E-state index in [9.17, 15) is 18.0 Å². The average molecular weight is 238 g/mol. The fraction of sp³-hybridized carbons (Fsp3) is 0.375. The maximum absolute atomic E-state index is 11.8. The molecule has 8 heteroatoms. The van der Waals surface area contributed by atoms with Crippen LogP contribution >= 0.6 is 0 Å². The highest BCUT2D eigenvalue weighted by molar-refractivity contribution is 5.92. The van der Waals surface area contributed by atoms with Gasteiger partial charge in [-0.25, -0.2) is 5.84 Å². The minimum atomic E-state index is -4.40. The van der Waals surface area contributed by atoms with Gasteiger partial charge in [-0.05, 0) is 6.07 Å². The number of ether oxygens (including phenoxy) is 1. The lowest BCUT2D eigenvalue weighted by Crippen LogP contribution is -2.30. The van der Waals surface area contributed by atoms with Crippen LogP contribution in [0.25, 0.3) is 0 Å².